The second kappa shape index (κ2) is 7.42. The molecule has 1 aromatic heterocycles. The zero-order valence-electron chi connectivity index (χ0n) is 14.5. The lowest BCUT2D eigenvalue weighted by atomic mass is 10.2. The Labute approximate surface area is 159 Å². The number of hydrogen-bond donors (Lipinski definition) is 1. The van der Waals surface area contributed by atoms with Crippen molar-refractivity contribution in [1.82, 2.24) is 9.88 Å². The van der Waals surface area contributed by atoms with Crippen LogP contribution in [0.5, 0.6) is 0 Å². The van der Waals surface area contributed by atoms with Crippen molar-refractivity contribution in [3.8, 4) is 0 Å². The van der Waals surface area contributed by atoms with Gasteiger partial charge in [0.2, 0.25) is 5.91 Å². The lowest BCUT2D eigenvalue weighted by Gasteiger charge is -2.22. The number of nitrogens with zero attached hydrogens (tertiary/aromatic N) is 3. The van der Waals surface area contributed by atoms with E-state index in [2.05, 4.69) is 16.3 Å². The molecule has 0 radical (unpaired) electrons. The van der Waals surface area contributed by atoms with E-state index in [-0.39, 0.29) is 24.2 Å². The Balaban J connectivity index is 1.45. The number of non-ortho nitro benzene ring substituents is 1. The minimum absolute atomic E-state index is 0.0404. The van der Waals surface area contributed by atoms with Gasteiger partial charge < -0.3 is 5.32 Å². The number of hydrogen-bond acceptors (Lipinski definition) is 6. The van der Waals surface area contributed by atoms with E-state index in [4.69, 9.17) is 4.98 Å². The molecule has 0 saturated carbocycles. The highest BCUT2D eigenvalue weighted by molar-refractivity contribution is 7.18. The first-order valence-corrected chi connectivity index (χ1v) is 9.55. The van der Waals surface area contributed by atoms with E-state index in [9.17, 15) is 14.9 Å². The van der Waals surface area contributed by atoms with Gasteiger partial charge in [-0.1, -0.05) is 18.2 Å². The molecule has 7 nitrogen and oxygen atoms in total. The molecule has 2 aromatic carbocycles. The average molecular weight is 382 g/mol. The molecule has 0 unspecified atom stereocenters. The smallest absolute Gasteiger partial charge is 0.271 e. The molecule has 1 saturated heterocycles. The second-order valence-electron chi connectivity index (χ2n) is 6.50. The lowest BCUT2D eigenvalue weighted by molar-refractivity contribution is -0.384. The third kappa shape index (κ3) is 3.81. The fraction of sp³-hybridized carbons (Fsp3) is 0.263. The average Bonchev–Trinajstić information content (AvgIpc) is 3.27. The number of nitro groups is 1. The Kier molecular flexibility index (Phi) is 4.83. The van der Waals surface area contributed by atoms with Crippen LogP contribution in [0.4, 0.5) is 11.4 Å². The minimum atomic E-state index is -0.473. The summed E-state index contributed by atoms with van der Waals surface area (Å²) in [7, 11) is 0. The number of amides is 1. The van der Waals surface area contributed by atoms with Crippen LogP contribution in [0.15, 0.2) is 48.5 Å². The van der Waals surface area contributed by atoms with Gasteiger partial charge in [0.1, 0.15) is 5.01 Å². The van der Waals surface area contributed by atoms with Crippen molar-refractivity contribution in [2.45, 2.75) is 18.9 Å². The summed E-state index contributed by atoms with van der Waals surface area (Å²) in [5.74, 6) is -0.177. The third-order valence-corrected chi connectivity index (χ3v) is 5.78. The summed E-state index contributed by atoms with van der Waals surface area (Å²) >= 11 is 1.68. The predicted octanol–water partition coefficient (Wildman–Crippen LogP) is 3.98. The molecular weight excluding hydrogens is 364 g/mol. The monoisotopic (exact) mass is 382 g/mol. The van der Waals surface area contributed by atoms with Crippen molar-refractivity contribution in [1.29, 1.82) is 0 Å². The van der Waals surface area contributed by atoms with E-state index in [1.807, 2.05) is 18.2 Å². The zero-order valence-corrected chi connectivity index (χ0v) is 15.3. The van der Waals surface area contributed by atoms with Gasteiger partial charge in [0, 0.05) is 17.8 Å². The molecule has 0 aliphatic carbocycles. The number of rotatable bonds is 5. The van der Waals surface area contributed by atoms with Gasteiger partial charge >= 0.3 is 0 Å². The summed E-state index contributed by atoms with van der Waals surface area (Å²) in [6.07, 6.45) is 1.99. The van der Waals surface area contributed by atoms with Crippen molar-refractivity contribution in [3.05, 3.63) is 63.7 Å². The number of carbonyl (C=O) groups is 1. The number of aromatic nitrogens is 1. The van der Waals surface area contributed by atoms with E-state index in [0.29, 0.717) is 5.69 Å². The Morgan fingerprint density at radius 3 is 2.96 bits per heavy atom. The molecule has 4 rings (SSSR count). The SMILES string of the molecule is O=C(CN1CCC[C@H]1c1nc2ccccc2s1)Nc1cccc([N+](=O)[O-])c1. The number of benzene rings is 2. The van der Waals surface area contributed by atoms with Gasteiger partial charge in [0.05, 0.1) is 27.7 Å². The number of thiazole rings is 1. The summed E-state index contributed by atoms with van der Waals surface area (Å²) in [6.45, 7) is 1.08. The van der Waals surface area contributed by atoms with Crippen LogP contribution in [-0.4, -0.2) is 33.8 Å². The van der Waals surface area contributed by atoms with Crippen LogP contribution in [0.25, 0.3) is 10.2 Å². The number of fused-ring (bicyclic) bond motifs is 1. The maximum atomic E-state index is 12.5. The van der Waals surface area contributed by atoms with Gasteiger partial charge in [-0.25, -0.2) is 4.98 Å². The Bertz CT molecular complexity index is 970. The molecule has 0 bridgehead atoms. The molecule has 2 heterocycles. The number of likely N-dealkylation sites (tertiary alicyclic amines) is 1. The van der Waals surface area contributed by atoms with Crippen molar-refractivity contribution in [2.24, 2.45) is 0 Å². The standard InChI is InChI=1S/C19H18N4O3S/c24-18(20-13-5-3-6-14(11-13)23(25)26)12-22-10-4-8-16(22)19-21-15-7-1-2-9-17(15)27-19/h1-3,5-7,9,11,16H,4,8,10,12H2,(H,20,24)/t16-/m0/s1. The fourth-order valence-corrected chi connectivity index (χ4v) is 4.55. The molecule has 138 valence electrons. The summed E-state index contributed by atoms with van der Waals surface area (Å²) in [5.41, 5.74) is 1.39. The van der Waals surface area contributed by atoms with E-state index in [1.54, 1.807) is 23.5 Å². The molecule has 8 heteroatoms. The third-order valence-electron chi connectivity index (χ3n) is 4.65. The summed E-state index contributed by atoms with van der Waals surface area (Å²) in [6, 6.07) is 14.2. The number of nitrogens with one attached hydrogen (secondary N) is 1. The van der Waals surface area contributed by atoms with Crippen LogP contribution in [-0.2, 0) is 4.79 Å². The minimum Gasteiger partial charge on any atom is -0.325 e. The van der Waals surface area contributed by atoms with Gasteiger partial charge in [-0.15, -0.1) is 11.3 Å². The van der Waals surface area contributed by atoms with E-state index < -0.39 is 4.92 Å². The summed E-state index contributed by atoms with van der Waals surface area (Å²) in [5, 5.41) is 14.7. The topological polar surface area (TPSA) is 88.4 Å². The van der Waals surface area contributed by atoms with Crippen LogP contribution in [0, 0.1) is 10.1 Å². The molecule has 1 aliphatic rings. The van der Waals surface area contributed by atoms with Crippen LogP contribution in [0.2, 0.25) is 0 Å². The summed E-state index contributed by atoms with van der Waals surface area (Å²) < 4.78 is 1.15. The number of nitro benzene ring substituents is 1. The molecular formula is C19H18N4O3S. The molecule has 1 N–H and O–H groups in total. The molecule has 0 spiro atoms. The van der Waals surface area contributed by atoms with Crippen LogP contribution in [0.3, 0.4) is 0 Å². The quantitative estimate of drug-likeness (QED) is 0.533. The highest BCUT2D eigenvalue weighted by atomic mass is 32.1. The molecule has 1 atom stereocenters. The van der Waals surface area contributed by atoms with Crippen LogP contribution >= 0.6 is 11.3 Å². The van der Waals surface area contributed by atoms with Gasteiger partial charge in [-0.05, 0) is 37.6 Å². The Hall–Kier alpha value is -2.84. The van der Waals surface area contributed by atoms with Gasteiger partial charge in [-0.3, -0.25) is 19.8 Å². The maximum absolute atomic E-state index is 12.5. The molecule has 27 heavy (non-hydrogen) atoms. The van der Waals surface area contributed by atoms with E-state index in [1.165, 1.54) is 12.1 Å². The van der Waals surface area contributed by atoms with Crippen LogP contribution in [0.1, 0.15) is 23.9 Å². The number of carbonyl (C=O) groups excluding carboxylic acids is 1. The number of para-hydroxylation sites is 1. The first-order valence-electron chi connectivity index (χ1n) is 8.74. The van der Waals surface area contributed by atoms with Crippen LogP contribution < -0.4 is 5.32 Å². The van der Waals surface area contributed by atoms with Crippen molar-refractivity contribution >= 4 is 38.8 Å². The lowest BCUT2D eigenvalue weighted by Crippen LogP contribution is -2.32. The molecule has 1 fully saturated rings. The van der Waals surface area contributed by atoms with Gasteiger partial charge in [0.25, 0.3) is 5.69 Å². The van der Waals surface area contributed by atoms with Gasteiger partial charge in [-0.2, -0.15) is 0 Å². The first-order chi connectivity index (χ1) is 13.1. The molecule has 1 amide bonds. The second-order valence-corrected chi connectivity index (χ2v) is 7.57. The van der Waals surface area contributed by atoms with E-state index in [0.717, 1.165) is 34.6 Å². The summed E-state index contributed by atoms with van der Waals surface area (Å²) in [4.78, 5) is 29.7. The maximum Gasteiger partial charge on any atom is 0.271 e. The largest absolute Gasteiger partial charge is 0.325 e. The zero-order chi connectivity index (χ0) is 18.8. The number of anilines is 1. The highest BCUT2D eigenvalue weighted by Crippen LogP contribution is 2.36. The van der Waals surface area contributed by atoms with Crippen molar-refractivity contribution < 1.29 is 9.72 Å². The van der Waals surface area contributed by atoms with Crippen molar-refractivity contribution in [2.75, 3.05) is 18.4 Å². The van der Waals surface area contributed by atoms with Gasteiger partial charge in [0.15, 0.2) is 0 Å². The molecule has 3 aromatic rings. The normalized spacial score (nSPS) is 17.3. The Morgan fingerprint density at radius 1 is 1.30 bits per heavy atom. The first kappa shape index (κ1) is 17.6. The Morgan fingerprint density at radius 2 is 2.15 bits per heavy atom. The molecule has 1 aliphatic heterocycles. The fourth-order valence-electron chi connectivity index (χ4n) is 3.41. The van der Waals surface area contributed by atoms with Crippen molar-refractivity contribution in [3.63, 3.8) is 0 Å². The highest BCUT2D eigenvalue weighted by Gasteiger charge is 2.30. The predicted molar refractivity (Wildman–Crippen MR) is 105 cm³/mol. The van der Waals surface area contributed by atoms with E-state index >= 15 is 0 Å².